The number of anilines is 1. The molecule has 0 saturated carbocycles. The second-order valence-electron chi connectivity index (χ2n) is 4.98. The first-order valence-corrected chi connectivity index (χ1v) is 6.81. The third-order valence-electron chi connectivity index (χ3n) is 3.64. The summed E-state index contributed by atoms with van der Waals surface area (Å²) in [4.78, 5) is 24.2. The van der Waals surface area contributed by atoms with Crippen LogP contribution < -0.4 is 4.90 Å². The van der Waals surface area contributed by atoms with Gasteiger partial charge in [0, 0.05) is 19.0 Å². The van der Waals surface area contributed by atoms with Crippen molar-refractivity contribution in [2.45, 2.75) is 12.8 Å². The molecule has 2 aromatic rings. The lowest BCUT2D eigenvalue weighted by Crippen LogP contribution is -2.24. The Morgan fingerprint density at radius 2 is 1.81 bits per heavy atom. The molecular weight excluding hydrogens is 268 g/mol. The lowest BCUT2D eigenvalue weighted by atomic mass is 10.0. The topological polar surface area (TPSA) is 63.5 Å². The number of carbonyl (C=O) groups excluding carboxylic acids is 1. The van der Waals surface area contributed by atoms with Crippen LogP contribution in [0.4, 0.5) is 11.4 Å². The van der Waals surface area contributed by atoms with Crippen LogP contribution in [0, 0.1) is 10.1 Å². The number of amides is 1. The van der Waals surface area contributed by atoms with E-state index in [0.717, 1.165) is 17.5 Å². The molecule has 5 heteroatoms. The molecule has 3 rings (SSSR count). The predicted molar refractivity (Wildman–Crippen MR) is 80.1 cm³/mol. The molecule has 0 radical (unpaired) electrons. The molecule has 1 aliphatic heterocycles. The third-order valence-corrected chi connectivity index (χ3v) is 3.64. The van der Waals surface area contributed by atoms with Gasteiger partial charge in [-0.05, 0) is 23.6 Å². The summed E-state index contributed by atoms with van der Waals surface area (Å²) >= 11 is 0. The Balaban J connectivity index is 2.07. The smallest absolute Gasteiger partial charge is 0.293 e. The van der Waals surface area contributed by atoms with Gasteiger partial charge in [-0.1, -0.05) is 36.4 Å². The molecule has 106 valence electrons. The van der Waals surface area contributed by atoms with Gasteiger partial charge in [0.15, 0.2) is 0 Å². The van der Waals surface area contributed by atoms with Gasteiger partial charge in [-0.15, -0.1) is 0 Å². The van der Waals surface area contributed by atoms with Gasteiger partial charge < -0.3 is 4.90 Å². The van der Waals surface area contributed by atoms with Crippen molar-refractivity contribution in [3.05, 3.63) is 58.6 Å². The fourth-order valence-electron chi connectivity index (χ4n) is 2.61. The van der Waals surface area contributed by atoms with Crippen molar-refractivity contribution in [3.63, 3.8) is 0 Å². The van der Waals surface area contributed by atoms with E-state index in [4.69, 9.17) is 0 Å². The summed E-state index contributed by atoms with van der Waals surface area (Å²) in [6, 6.07) is 14.5. The van der Waals surface area contributed by atoms with E-state index in [1.807, 2.05) is 36.4 Å². The van der Waals surface area contributed by atoms with Crippen LogP contribution in [-0.4, -0.2) is 17.4 Å². The molecular formula is C16H14N2O3. The lowest BCUT2D eigenvalue weighted by Gasteiger charge is -2.16. The molecule has 0 atom stereocenters. The monoisotopic (exact) mass is 282 g/mol. The van der Waals surface area contributed by atoms with Crippen LogP contribution in [0.5, 0.6) is 0 Å². The highest BCUT2D eigenvalue weighted by atomic mass is 16.6. The Kier molecular flexibility index (Phi) is 3.39. The maximum absolute atomic E-state index is 11.8. The van der Waals surface area contributed by atoms with Crippen LogP contribution in [0.2, 0.25) is 0 Å². The zero-order valence-corrected chi connectivity index (χ0v) is 11.4. The molecule has 1 aliphatic rings. The zero-order chi connectivity index (χ0) is 14.8. The molecule has 0 aliphatic carbocycles. The summed E-state index contributed by atoms with van der Waals surface area (Å²) in [7, 11) is 0. The van der Waals surface area contributed by atoms with Gasteiger partial charge in [0.2, 0.25) is 5.91 Å². The highest BCUT2D eigenvalue weighted by Gasteiger charge is 2.28. The average Bonchev–Trinajstić information content (AvgIpc) is 2.93. The van der Waals surface area contributed by atoms with Gasteiger partial charge >= 0.3 is 0 Å². The fourth-order valence-corrected chi connectivity index (χ4v) is 2.61. The largest absolute Gasteiger partial charge is 0.306 e. The van der Waals surface area contributed by atoms with Crippen molar-refractivity contribution in [2.24, 2.45) is 0 Å². The Morgan fingerprint density at radius 3 is 2.43 bits per heavy atom. The van der Waals surface area contributed by atoms with Gasteiger partial charge in [0.05, 0.1) is 4.92 Å². The molecule has 2 aromatic carbocycles. The van der Waals surface area contributed by atoms with E-state index in [-0.39, 0.29) is 11.6 Å². The van der Waals surface area contributed by atoms with E-state index in [9.17, 15) is 14.9 Å². The second kappa shape index (κ2) is 5.36. The number of nitro groups is 1. The van der Waals surface area contributed by atoms with Gasteiger partial charge in [0.25, 0.3) is 5.69 Å². The fraction of sp³-hybridized carbons (Fsp3) is 0.188. The molecule has 1 amide bonds. The molecule has 0 N–H and O–H groups in total. The highest BCUT2D eigenvalue weighted by molar-refractivity contribution is 5.98. The van der Waals surface area contributed by atoms with Crippen LogP contribution in [0.15, 0.2) is 48.5 Å². The highest BCUT2D eigenvalue weighted by Crippen LogP contribution is 2.35. The van der Waals surface area contributed by atoms with Crippen molar-refractivity contribution in [2.75, 3.05) is 11.4 Å². The van der Waals surface area contributed by atoms with Crippen molar-refractivity contribution in [1.82, 2.24) is 0 Å². The van der Waals surface area contributed by atoms with Gasteiger partial charge in [-0.3, -0.25) is 14.9 Å². The molecule has 1 heterocycles. The Labute approximate surface area is 122 Å². The molecule has 1 fully saturated rings. The SMILES string of the molecule is O=C1CCCN1c1ccc(-c2ccccc2)cc1[N+](=O)[O-]. The number of hydrogen-bond acceptors (Lipinski definition) is 3. The van der Waals surface area contributed by atoms with Crippen molar-refractivity contribution in [3.8, 4) is 11.1 Å². The van der Waals surface area contributed by atoms with Crippen molar-refractivity contribution in [1.29, 1.82) is 0 Å². The Hall–Kier alpha value is -2.69. The number of rotatable bonds is 3. The summed E-state index contributed by atoms with van der Waals surface area (Å²) in [6.45, 7) is 0.546. The summed E-state index contributed by atoms with van der Waals surface area (Å²) in [6.07, 6.45) is 1.20. The van der Waals surface area contributed by atoms with E-state index in [0.29, 0.717) is 18.7 Å². The molecule has 0 unspecified atom stereocenters. The van der Waals surface area contributed by atoms with Gasteiger partial charge in [0.1, 0.15) is 5.69 Å². The zero-order valence-electron chi connectivity index (χ0n) is 11.4. The first kappa shape index (κ1) is 13.3. The van der Waals surface area contributed by atoms with Crippen molar-refractivity contribution >= 4 is 17.3 Å². The first-order valence-electron chi connectivity index (χ1n) is 6.81. The minimum absolute atomic E-state index is 0.0217. The number of nitrogens with zero attached hydrogens (tertiary/aromatic N) is 2. The summed E-state index contributed by atoms with van der Waals surface area (Å²) in [5.41, 5.74) is 2.06. The summed E-state index contributed by atoms with van der Waals surface area (Å²) < 4.78 is 0. The van der Waals surface area contributed by atoms with Gasteiger partial charge in [-0.2, -0.15) is 0 Å². The summed E-state index contributed by atoms with van der Waals surface area (Å²) in [5.74, 6) is -0.0504. The second-order valence-corrected chi connectivity index (χ2v) is 4.98. The number of nitro benzene ring substituents is 1. The number of carbonyl (C=O) groups is 1. The minimum atomic E-state index is -0.423. The minimum Gasteiger partial charge on any atom is -0.306 e. The van der Waals surface area contributed by atoms with Crippen LogP contribution in [0.3, 0.4) is 0 Å². The van der Waals surface area contributed by atoms with Crippen molar-refractivity contribution < 1.29 is 9.72 Å². The summed E-state index contributed by atoms with van der Waals surface area (Å²) in [5, 5.41) is 11.3. The Morgan fingerprint density at radius 1 is 1.05 bits per heavy atom. The maximum atomic E-state index is 11.8. The molecule has 0 bridgehead atoms. The van der Waals surface area contributed by atoms with E-state index < -0.39 is 4.92 Å². The molecule has 1 saturated heterocycles. The maximum Gasteiger partial charge on any atom is 0.293 e. The van der Waals surface area contributed by atoms with E-state index in [1.165, 1.54) is 11.0 Å². The van der Waals surface area contributed by atoms with Gasteiger partial charge in [-0.25, -0.2) is 0 Å². The van der Waals surface area contributed by atoms with Crippen LogP contribution in [-0.2, 0) is 4.79 Å². The number of benzene rings is 2. The van der Waals surface area contributed by atoms with Crippen LogP contribution in [0.25, 0.3) is 11.1 Å². The predicted octanol–water partition coefficient (Wildman–Crippen LogP) is 3.39. The molecule has 0 aromatic heterocycles. The van der Waals surface area contributed by atoms with E-state index in [2.05, 4.69) is 0 Å². The Bertz CT molecular complexity index is 698. The first-order chi connectivity index (χ1) is 10.2. The average molecular weight is 282 g/mol. The molecule has 0 spiro atoms. The van der Waals surface area contributed by atoms with E-state index >= 15 is 0 Å². The third kappa shape index (κ3) is 2.50. The normalized spacial score (nSPS) is 14.5. The molecule has 21 heavy (non-hydrogen) atoms. The van der Waals surface area contributed by atoms with E-state index in [1.54, 1.807) is 6.07 Å². The lowest BCUT2D eigenvalue weighted by molar-refractivity contribution is -0.384. The van der Waals surface area contributed by atoms with Crippen LogP contribution in [0.1, 0.15) is 12.8 Å². The van der Waals surface area contributed by atoms with Crippen LogP contribution >= 0.6 is 0 Å². The number of hydrogen-bond donors (Lipinski definition) is 0. The quantitative estimate of drug-likeness (QED) is 0.640. The standard InChI is InChI=1S/C16H14N2O3/c19-16-7-4-10-17(16)14-9-8-13(11-15(14)18(20)21)12-5-2-1-3-6-12/h1-3,5-6,8-9,11H,4,7,10H2. The molecule has 5 nitrogen and oxygen atoms in total.